The van der Waals surface area contributed by atoms with Crippen molar-refractivity contribution in [2.24, 2.45) is 0 Å². The second-order valence-corrected chi connectivity index (χ2v) is 10.9. The van der Waals surface area contributed by atoms with E-state index < -0.39 is 7.82 Å². The molecule has 0 rings (SSSR count). The van der Waals surface area contributed by atoms with Gasteiger partial charge >= 0.3 is 0 Å². The Morgan fingerprint density at radius 2 is 1.11 bits per heavy atom. The summed E-state index contributed by atoms with van der Waals surface area (Å²) in [6, 6.07) is 0. The van der Waals surface area contributed by atoms with Gasteiger partial charge in [-0.3, -0.25) is 4.57 Å². The van der Waals surface area contributed by atoms with Gasteiger partial charge in [0.2, 0.25) is 0 Å². The summed E-state index contributed by atoms with van der Waals surface area (Å²) in [5.74, 6) is 0. The van der Waals surface area contributed by atoms with E-state index in [4.69, 9.17) is 10.00 Å². The topological polar surface area (TPSA) is 94.3 Å². The summed E-state index contributed by atoms with van der Waals surface area (Å²) in [5.41, 5.74) is 0. The maximum Gasteiger partial charge on any atom is 0.265 e. The molecule has 0 aliphatic rings. The number of allylic oxidation sites excluding steroid dienone is 2. The highest BCUT2D eigenvalue weighted by Crippen LogP contribution is 2.30. The monoisotopic (exact) mass is 521 g/mol. The number of phosphoric acid groups is 1. The summed E-state index contributed by atoms with van der Waals surface area (Å²) >= 11 is 0. The molecule has 0 saturated carbocycles. The molecule has 0 fully saturated rings. The van der Waals surface area contributed by atoms with Crippen LogP contribution in [0.15, 0.2) is 12.2 Å². The molecule has 1 atom stereocenters. The number of aliphatic hydroxyl groups excluding tert-OH is 1. The Bertz CT molecular complexity index is 462. The van der Waals surface area contributed by atoms with Crippen LogP contribution in [0.5, 0.6) is 0 Å². The lowest BCUT2D eigenvalue weighted by Crippen LogP contribution is -3.12. The first-order chi connectivity index (χ1) is 16.9. The van der Waals surface area contributed by atoms with Crippen LogP contribution >= 0.6 is 7.82 Å². The molecule has 0 heterocycles. The van der Waals surface area contributed by atoms with Gasteiger partial charge in [0.25, 0.3) is 7.82 Å². The van der Waals surface area contributed by atoms with Crippen molar-refractivity contribution in [3.8, 4) is 0 Å². The summed E-state index contributed by atoms with van der Waals surface area (Å²) < 4.78 is 14.6. The van der Waals surface area contributed by atoms with E-state index in [-0.39, 0.29) is 6.61 Å². The lowest BCUT2D eigenvalue weighted by Gasteiger charge is -2.17. The van der Waals surface area contributed by atoms with E-state index in [1.807, 2.05) is 0 Å². The first-order valence-electron chi connectivity index (χ1n) is 14.7. The van der Waals surface area contributed by atoms with E-state index >= 15 is 0 Å². The second kappa shape index (κ2) is 30.0. The molecule has 3 N–H and O–H groups in total. The highest BCUT2D eigenvalue weighted by molar-refractivity contribution is 7.44. The number of rotatable bonds is 25. The van der Waals surface area contributed by atoms with Crippen LogP contribution < -0.4 is 9.79 Å². The van der Waals surface area contributed by atoms with Crippen LogP contribution in [0.3, 0.4) is 0 Å². The van der Waals surface area contributed by atoms with Gasteiger partial charge in [-0.15, -0.1) is 0 Å². The molecule has 0 amide bonds. The molecule has 0 aliphatic carbocycles. The van der Waals surface area contributed by atoms with Gasteiger partial charge in [-0.05, 0) is 44.9 Å². The van der Waals surface area contributed by atoms with Crippen molar-refractivity contribution in [3.63, 3.8) is 0 Å². The van der Waals surface area contributed by atoms with Gasteiger partial charge in [0.15, 0.2) is 0 Å². The zero-order chi connectivity index (χ0) is 26.5. The third kappa shape index (κ3) is 36.0. The Kier molecular flexibility index (Phi) is 31.6. The fraction of sp³-hybridized carbons (Fsp3) is 0.929. The van der Waals surface area contributed by atoms with Gasteiger partial charge in [0, 0.05) is 0 Å². The van der Waals surface area contributed by atoms with E-state index in [1.165, 1.54) is 109 Å². The number of hydrogen-bond donors (Lipinski definition) is 3. The van der Waals surface area contributed by atoms with Gasteiger partial charge in [-0.25, -0.2) is 0 Å². The summed E-state index contributed by atoms with van der Waals surface area (Å²) in [6.07, 6.45) is 26.7. The zero-order valence-electron chi connectivity index (χ0n) is 23.5. The summed E-state index contributed by atoms with van der Waals surface area (Å²) in [6.45, 7) is 10.5. The number of quaternary nitrogens is 1. The Balaban J connectivity index is 0. The number of hydrogen-bond acceptors (Lipinski definition) is 4. The number of aliphatic hydroxyl groups is 1. The van der Waals surface area contributed by atoms with Crippen LogP contribution in [0, 0.1) is 0 Å². The van der Waals surface area contributed by atoms with Crippen molar-refractivity contribution >= 4 is 7.82 Å². The fourth-order valence-electron chi connectivity index (χ4n) is 3.92. The molecule has 0 saturated heterocycles. The third-order valence-corrected chi connectivity index (χ3v) is 6.65. The zero-order valence-corrected chi connectivity index (χ0v) is 24.4. The van der Waals surface area contributed by atoms with Crippen molar-refractivity contribution in [3.05, 3.63) is 12.2 Å². The van der Waals surface area contributed by atoms with Crippen LogP contribution in [0.2, 0.25) is 0 Å². The normalized spacial score (nSPS) is 13.2. The largest absolute Gasteiger partial charge is 0.756 e. The minimum Gasteiger partial charge on any atom is -0.756 e. The van der Waals surface area contributed by atoms with E-state index in [9.17, 15) is 9.46 Å². The Morgan fingerprint density at radius 3 is 1.54 bits per heavy atom. The molecule has 0 bridgehead atoms. The van der Waals surface area contributed by atoms with E-state index in [0.29, 0.717) is 13.0 Å². The highest BCUT2D eigenvalue weighted by atomic mass is 31.2. The predicted octanol–water partition coefficient (Wildman–Crippen LogP) is 5.97. The molecule has 6 nitrogen and oxygen atoms in total. The van der Waals surface area contributed by atoms with Crippen molar-refractivity contribution < 1.29 is 28.9 Å². The average molecular weight is 522 g/mol. The summed E-state index contributed by atoms with van der Waals surface area (Å²) in [5, 5.41) is 8.81. The molecule has 0 radical (unpaired) electrons. The van der Waals surface area contributed by atoms with E-state index in [2.05, 4.69) is 37.4 Å². The molecule has 1 unspecified atom stereocenters. The minimum absolute atomic E-state index is 0.0957. The van der Waals surface area contributed by atoms with E-state index in [0.717, 1.165) is 19.4 Å². The molecule has 35 heavy (non-hydrogen) atoms. The maximum atomic E-state index is 10.3. The van der Waals surface area contributed by atoms with Gasteiger partial charge in [-0.1, -0.05) is 104 Å². The Hall–Kier alpha value is -0.230. The molecule has 0 spiro atoms. The molecule has 0 aromatic rings. The average Bonchev–Trinajstić information content (AvgIpc) is 2.82. The van der Waals surface area contributed by atoms with Crippen molar-refractivity contribution in [2.45, 2.75) is 136 Å². The number of phosphoric ester groups is 1. The minimum atomic E-state index is -4.51. The van der Waals surface area contributed by atoms with Crippen molar-refractivity contribution in [1.82, 2.24) is 0 Å². The summed E-state index contributed by atoms with van der Waals surface area (Å²) in [7, 11) is -4.51. The van der Waals surface area contributed by atoms with Gasteiger partial charge in [-0.2, -0.15) is 0 Å². The lowest BCUT2D eigenvalue weighted by atomic mass is 10.1. The predicted molar refractivity (Wildman–Crippen MR) is 148 cm³/mol. The van der Waals surface area contributed by atoms with E-state index in [1.54, 1.807) is 4.90 Å². The molecular weight excluding hydrogens is 461 g/mol. The maximum absolute atomic E-state index is 10.3. The van der Waals surface area contributed by atoms with Gasteiger partial charge < -0.3 is 24.3 Å². The highest BCUT2D eigenvalue weighted by Gasteiger charge is 2.05. The third-order valence-electron chi connectivity index (χ3n) is 6.14. The van der Waals surface area contributed by atoms with Gasteiger partial charge in [0.05, 0.1) is 26.3 Å². The molecular formula is C28H60NO5P. The summed E-state index contributed by atoms with van der Waals surface area (Å²) in [4.78, 5) is 20.3. The van der Waals surface area contributed by atoms with Crippen LogP contribution in [-0.4, -0.2) is 42.8 Å². The molecule has 212 valence electrons. The first kappa shape index (κ1) is 36.9. The molecule has 0 aliphatic heterocycles. The van der Waals surface area contributed by atoms with Crippen LogP contribution in [0.1, 0.15) is 136 Å². The van der Waals surface area contributed by atoms with Crippen LogP contribution in [0.4, 0.5) is 0 Å². The molecule has 0 aromatic carbocycles. The second-order valence-electron chi connectivity index (χ2n) is 9.67. The molecule has 7 heteroatoms. The fourth-order valence-corrected chi connectivity index (χ4v) is 4.28. The number of nitrogens with one attached hydrogen (secondary N) is 1. The quantitative estimate of drug-likeness (QED) is 0.0782. The Morgan fingerprint density at radius 1 is 0.686 bits per heavy atom. The Labute approximate surface area is 218 Å². The van der Waals surface area contributed by atoms with Gasteiger partial charge in [0.1, 0.15) is 6.54 Å². The van der Waals surface area contributed by atoms with Crippen LogP contribution in [-0.2, 0) is 9.09 Å². The first-order valence-corrected chi connectivity index (χ1v) is 16.2. The van der Waals surface area contributed by atoms with Crippen LogP contribution in [0.25, 0.3) is 0 Å². The lowest BCUT2D eigenvalue weighted by molar-refractivity contribution is -0.900. The molecule has 0 aromatic heterocycles. The SMILES string of the molecule is CCCCCCCCC=CCCCCCCCCOP(=O)([O-])O.CCCC[NH+](CCO)CCCC. The standard InChI is InChI=1S/C18H37O4P.C10H23NO/c1-2-3-4-5-6-7-8-9-10-11-12-13-14-15-16-17-18-22-23(19,20)21;1-3-5-7-11(9-10-12)8-6-4-2/h9-10H,2-8,11-18H2,1H3,(H2,19,20,21);12H,3-10H2,1-2H3. The van der Waals surface area contributed by atoms with Crippen molar-refractivity contribution in [1.29, 1.82) is 0 Å². The smallest absolute Gasteiger partial charge is 0.265 e. The number of unbranched alkanes of at least 4 members (excludes halogenated alkanes) is 14. The van der Waals surface area contributed by atoms with Crippen molar-refractivity contribution in [2.75, 3.05) is 32.8 Å².